The van der Waals surface area contributed by atoms with Crippen LogP contribution in [0.4, 0.5) is 0 Å². The molecule has 2 nitrogen and oxygen atoms in total. The summed E-state index contributed by atoms with van der Waals surface area (Å²) >= 11 is 9.59. The van der Waals surface area contributed by atoms with Gasteiger partial charge in [-0.3, -0.25) is 0 Å². The highest BCUT2D eigenvalue weighted by molar-refractivity contribution is 7.16. The Morgan fingerprint density at radius 3 is 3.22 bits per heavy atom. The fraction of sp³-hybridized carbons (Fsp3) is 0.462. The Balaban J connectivity index is 1.73. The molecule has 2 aromatic rings. The third-order valence-electron chi connectivity index (χ3n) is 3.44. The lowest BCUT2D eigenvalue weighted by molar-refractivity contribution is 0.464. The first-order valence-electron chi connectivity index (χ1n) is 6.14. The summed E-state index contributed by atoms with van der Waals surface area (Å²) in [6.07, 6.45) is 3.64. The van der Waals surface area contributed by atoms with Gasteiger partial charge in [-0.05, 0) is 37.8 Å². The Morgan fingerprint density at radius 2 is 2.44 bits per heavy atom. The second kappa shape index (κ2) is 5.29. The van der Waals surface area contributed by atoms with Gasteiger partial charge in [-0.15, -0.1) is 22.7 Å². The number of aromatic nitrogens is 1. The van der Waals surface area contributed by atoms with E-state index >= 15 is 0 Å². The van der Waals surface area contributed by atoms with Crippen molar-refractivity contribution in [2.45, 2.75) is 38.8 Å². The van der Waals surface area contributed by atoms with Gasteiger partial charge in [0.25, 0.3) is 0 Å². The maximum atomic E-state index is 6.12. The van der Waals surface area contributed by atoms with Crippen molar-refractivity contribution in [3.8, 4) is 0 Å². The zero-order valence-electron chi connectivity index (χ0n) is 10.2. The molecule has 0 bridgehead atoms. The maximum absolute atomic E-state index is 6.12. The molecular formula is C13H15ClN2S2. The fourth-order valence-electron chi connectivity index (χ4n) is 2.45. The van der Waals surface area contributed by atoms with Crippen molar-refractivity contribution in [1.29, 1.82) is 0 Å². The molecule has 1 aliphatic carbocycles. The van der Waals surface area contributed by atoms with E-state index in [-0.39, 0.29) is 0 Å². The highest BCUT2D eigenvalue weighted by Crippen LogP contribution is 2.38. The van der Waals surface area contributed by atoms with Crippen molar-refractivity contribution < 1.29 is 0 Å². The van der Waals surface area contributed by atoms with E-state index in [2.05, 4.69) is 23.3 Å². The SMILES string of the molecule is Cc1ncsc1CNC1CCCc2sc(Cl)cc21. The monoisotopic (exact) mass is 298 g/mol. The number of thiazole rings is 1. The van der Waals surface area contributed by atoms with E-state index in [1.165, 1.54) is 34.6 Å². The molecule has 0 amide bonds. The summed E-state index contributed by atoms with van der Waals surface area (Å²) in [4.78, 5) is 7.09. The third-order valence-corrected chi connectivity index (χ3v) is 5.71. The number of aryl methyl sites for hydroxylation is 2. The average Bonchev–Trinajstić information content (AvgIpc) is 2.91. The summed E-state index contributed by atoms with van der Waals surface area (Å²) in [6.45, 7) is 2.98. The number of rotatable bonds is 3. The minimum absolute atomic E-state index is 0.457. The molecule has 96 valence electrons. The summed E-state index contributed by atoms with van der Waals surface area (Å²) in [5.41, 5.74) is 4.48. The summed E-state index contributed by atoms with van der Waals surface area (Å²) < 4.78 is 0.919. The van der Waals surface area contributed by atoms with Gasteiger partial charge in [0, 0.05) is 22.3 Å². The van der Waals surface area contributed by atoms with E-state index in [1.54, 1.807) is 22.7 Å². The van der Waals surface area contributed by atoms with Gasteiger partial charge in [0.05, 0.1) is 15.5 Å². The van der Waals surface area contributed by atoms with Crippen molar-refractivity contribution in [2.24, 2.45) is 0 Å². The number of hydrogen-bond donors (Lipinski definition) is 1. The molecule has 0 aliphatic heterocycles. The molecular weight excluding hydrogens is 284 g/mol. The van der Waals surface area contributed by atoms with Gasteiger partial charge >= 0.3 is 0 Å². The smallest absolute Gasteiger partial charge is 0.0934 e. The van der Waals surface area contributed by atoms with Crippen molar-refractivity contribution in [1.82, 2.24) is 10.3 Å². The number of nitrogens with zero attached hydrogens (tertiary/aromatic N) is 1. The van der Waals surface area contributed by atoms with Crippen LogP contribution in [0.2, 0.25) is 4.34 Å². The first-order valence-corrected chi connectivity index (χ1v) is 8.22. The predicted molar refractivity (Wildman–Crippen MR) is 78.7 cm³/mol. The molecule has 1 N–H and O–H groups in total. The Bertz CT molecular complexity index is 547. The highest BCUT2D eigenvalue weighted by Gasteiger charge is 2.22. The highest BCUT2D eigenvalue weighted by atomic mass is 35.5. The van der Waals surface area contributed by atoms with Crippen LogP contribution in [0.25, 0.3) is 0 Å². The molecule has 18 heavy (non-hydrogen) atoms. The van der Waals surface area contributed by atoms with Crippen LogP contribution >= 0.6 is 34.3 Å². The number of fused-ring (bicyclic) bond motifs is 1. The lowest BCUT2D eigenvalue weighted by Crippen LogP contribution is -2.23. The van der Waals surface area contributed by atoms with Gasteiger partial charge in [0.1, 0.15) is 0 Å². The van der Waals surface area contributed by atoms with Crippen LogP contribution in [0.1, 0.15) is 39.9 Å². The number of thiophene rings is 1. The lowest BCUT2D eigenvalue weighted by Gasteiger charge is -2.23. The molecule has 5 heteroatoms. The molecule has 0 aromatic carbocycles. The summed E-state index contributed by atoms with van der Waals surface area (Å²) in [5, 5.41) is 3.65. The minimum atomic E-state index is 0.457. The standard InChI is InChI=1S/C13H15ClN2S2/c1-8-12(17-7-16-8)6-15-10-3-2-4-11-9(10)5-13(14)18-11/h5,7,10,15H,2-4,6H2,1H3. The van der Waals surface area contributed by atoms with Crippen molar-refractivity contribution in [2.75, 3.05) is 0 Å². The molecule has 2 aromatic heterocycles. The predicted octanol–water partition coefficient (Wildman–Crippen LogP) is 4.33. The zero-order chi connectivity index (χ0) is 12.5. The Morgan fingerprint density at radius 1 is 1.56 bits per heavy atom. The van der Waals surface area contributed by atoms with Crippen LogP contribution in [0.15, 0.2) is 11.6 Å². The zero-order valence-corrected chi connectivity index (χ0v) is 12.6. The first-order chi connectivity index (χ1) is 8.74. The molecule has 1 aliphatic rings. The van der Waals surface area contributed by atoms with E-state index in [0.717, 1.165) is 16.6 Å². The average molecular weight is 299 g/mol. The van der Waals surface area contributed by atoms with E-state index in [9.17, 15) is 0 Å². The topological polar surface area (TPSA) is 24.9 Å². The minimum Gasteiger partial charge on any atom is -0.305 e. The van der Waals surface area contributed by atoms with Gasteiger partial charge < -0.3 is 5.32 Å². The van der Waals surface area contributed by atoms with Crippen molar-refractivity contribution in [3.63, 3.8) is 0 Å². The van der Waals surface area contributed by atoms with Gasteiger partial charge in [-0.25, -0.2) is 4.98 Å². The maximum Gasteiger partial charge on any atom is 0.0934 e. The third kappa shape index (κ3) is 2.48. The van der Waals surface area contributed by atoms with Crippen molar-refractivity contribution >= 4 is 34.3 Å². The molecule has 0 radical (unpaired) electrons. The van der Waals surface area contributed by atoms with Gasteiger partial charge in [0.15, 0.2) is 0 Å². The van der Waals surface area contributed by atoms with Gasteiger partial charge in [0.2, 0.25) is 0 Å². The molecule has 0 fully saturated rings. The van der Waals surface area contributed by atoms with E-state index in [0.29, 0.717) is 6.04 Å². The van der Waals surface area contributed by atoms with Crippen LogP contribution in [0.5, 0.6) is 0 Å². The summed E-state index contributed by atoms with van der Waals surface area (Å²) in [5.74, 6) is 0. The van der Waals surface area contributed by atoms with Crippen LogP contribution in [0, 0.1) is 6.92 Å². The molecule has 0 saturated carbocycles. The molecule has 2 heterocycles. The van der Waals surface area contributed by atoms with E-state index < -0.39 is 0 Å². The van der Waals surface area contributed by atoms with E-state index in [4.69, 9.17) is 11.6 Å². The van der Waals surface area contributed by atoms with Gasteiger partial charge in [-0.2, -0.15) is 0 Å². The number of halogens is 1. The van der Waals surface area contributed by atoms with Crippen LogP contribution in [-0.4, -0.2) is 4.98 Å². The normalized spacial score (nSPS) is 18.9. The number of hydrogen-bond acceptors (Lipinski definition) is 4. The molecule has 1 unspecified atom stereocenters. The summed E-state index contributed by atoms with van der Waals surface area (Å²) in [6, 6.07) is 2.59. The van der Waals surface area contributed by atoms with Crippen LogP contribution in [0.3, 0.4) is 0 Å². The molecule has 0 saturated heterocycles. The van der Waals surface area contributed by atoms with Gasteiger partial charge in [-0.1, -0.05) is 11.6 Å². The molecule has 3 rings (SSSR count). The fourth-order valence-corrected chi connectivity index (χ4v) is 4.56. The van der Waals surface area contributed by atoms with Crippen LogP contribution < -0.4 is 5.32 Å². The van der Waals surface area contributed by atoms with E-state index in [1.807, 2.05) is 5.51 Å². The largest absolute Gasteiger partial charge is 0.305 e. The molecule has 1 atom stereocenters. The summed E-state index contributed by atoms with van der Waals surface area (Å²) in [7, 11) is 0. The number of nitrogens with one attached hydrogen (secondary N) is 1. The second-order valence-corrected chi connectivity index (χ2v) is 7.32. The van der Waals surface area contributed by atoms with Crippen molar-refractivity contribution in [3.05, 3.63) is 36.9 Å². The first kappa shape index (κ1) is 12.6. The molecule has 0 spiro atoms. The Hall–Kier alpha value is -0.420. The van der Waals surface area contributed by atoms with Crippen LogP contribution in [-0.2, 0) is 13.0 Å². The Kier molecular flexibility index (Phi) is 3.71. The quantitative estimate of drug-likeness (QED) is 0.912. The Labute approximate surface area is 120 Å². The lowest BCUT2D eigenvalue weighted by atomic mass is 9.94. The second-order valence-electron chi connectivity index (χ2n) is 4.62.